The Morgan fingerprint density at radius 1 is 1.08 bits per heavy atom. The molecule has 0 fully saturated rings. The van der Waals surface area contributed by atoms with Crippen molar-refractivity contribution in [3.8, 4) is 11.5 Å². The SMILES string of the molecule is COc1ccc(C(=O)N(Cc2cccc(OS(C)(=O)=O)c2)C(C)C)cc1. The van der Waals surface area contributed by atoms with E-state index in [1.165, 1.54) is 0 Å². The van der Waals surface area contributed by atoms with Crippen LogP contribution < -0.4 is 8.92 Å². The van der Waals surface area contributed by atoms with Crippen LogP contribution in [0, 0.1) is 0 Å². The highest BCUT2D eigenvalue weighted by Crippen LogP contribution is 2.20. The highest BCUT2D eigenvalue weighted by molar-refractivity contribution is 7.86. The summed E-state index contributed by atoms with van der Waals surface area (Å²) in [7, 11) is -2.02. The summed E-state index contributed by atoms with van der Waals surface area (Å²) in [6.07, 6.45) is 0.993. The van der Waals surface area contributed by atoms with Gasteiger partial charge in [-0.15, -0.1) is 0 Å². The van der Waals surface area contributed by atoms with Gasteiger partial charge in [-0.1, -0.05) is 12.1 Å². The van der Waals surface area contributed by atoms with Crippen LogP contribution in [0.4, 0.5) is 0 Å². The average molecular weight is 377 g/mol. The van der Waals surface area contributed by atoms with Gasteiger partial charge in [0.1, 0.15) is 11.5 Å². The average Bonchev–Trinajstić information content (AvgIpc) is 2.58. The van der Waals surface area contributed by atoms with Crippen LogP contribution in [0.1, 0.15) is 29.8 Å². The number of hydrogen-bond acceptors (Lipinski definition) is 5. The van der Waals surface area contributed by atoms with Crippen LogP contribution in [-0.2, 0) is 16.7 Å². The first kappa shape index (κ1) is 19.8. The van der Waals surface area contributed by atoms with Gasteiger partial charge in [0.05, 0.1) is 13.4 Å². The molecular formula is C19H23NO5S. The Hall–Kier alpha value is -2.54. The Kier molecular flexibility index (Phi) is 6.26. The molecule has 7 heteroatoms. The van der Waals surface area contributed by atoms with E-state index in [9.17, 15) is 13.2 Å². The fraction of sp³-hybridized carbons (Fsp3) is 0.316. The molecule has 0 radical (unpaired) electrons. The number of amides is 1. The predicted molar refractivity (Wildman–Crippen MR) is 99.9 cm³/mol. The molecule has 0 aromatic heterocycles. The van der Waals surface area contributed by atoms with Gasteiger partial charge in [0.15, 0.2) is 0 Å². The molecule has 140 valence electrons. The summed E-state index contributed by atoms with van der Waals surface area (Å²) >= 11 is 0. The van der Waals surface area contributed by atoms with Crippen molar-refractivity contribution >= 4 is 16.0 Å². The predicted octanol–water partition coefficient (Wildman–Crippen LogP) is 3.08. The lowest BCUT2D eigenvalue weighted by molar-refractivity contribution is 0.0690. The van der Waals surface area contributed by atoms with Gasteiger partial charge in [-0.25, -0.2) is 0 Å². The van der Waals surface area contributed by atoms with E-state index in [1.54, 1.807) is 54.5 Å². The van der Waals surface area contributed by atoms with Crippen LogP contribution in [0.2, 0.25) is 0 Å². The Morgan fingerprint density at radius 2 is 1.73 bits per heavy atom. The van der Waals surface area contributed by atoms with Crippen LogP contribution in [0.3, 0.4) is 0 Å². The summed E-state index contributed by atoms with van der Waals surface area (Å²) in [5.74, 6) is 0.797. The molecule has 0 atom stereocenters. The monoisotopic (exact) mass is 377 g/mol. The van der Waals surface area contributed by atoms with Crippen molar-refractivity contribution in [2.45, 2.75) is 26.4 Å². The van der Waals surface area contributed by atoms with Gasteiger partial charge in [-0.05, 0) is 55.8 Å². The van der Waals surface area contributed by atoms with Crippen LogP contribution in [-0.4, -0.2) is 38.6 Å². The molecule has 0 unspecified atom stereocenters. The van der Waals surface area contributed by atoms with E-state index in [4.69, 9.17) is 8.92 Å². The van der Waals surface area contributed by atoms with Gasteiger partial charge >= 0.3 is 10.1 Å². The van der Waals surface area contributed by atoms with Gasteiger partial charge in [0.25, 0.3) is 5.91 Å². The van der Waals surface area contributed by atoms with Crippen molar-refractivity contribution in [2.24, 2.45) is 0 Å². The highest BCUT2D eigenvalue weighted by Gasteiger charge is 2.19. The summed E-state index contributed by atoms with van der Waals surface area (Å²) in [5, 5.41) is 0. The molecule has 0 saturated carbocycles. The lowest BCUT2D eigenvalue weighted by Gasteiger charge is -2.27. The van der Waals surface area contributed by atoms with Crippen molar-refractivity contribution < 1.29 is 22.1 Å². The molecule has 2 rings (SSSR count). The summed E-state index contributed by atoms with van der Waals surface area (Å²) in [6, 6.07) is 13.6. The van der Waals surface area contributed by atoms with E-state index in [2.05, 4.69) is 0 Å². The molecule has 2 aromatic rings. The minimum Gasteiger partial charge on any atom is -0.497 e. The minimum absolute atomic E-state index is 0.0379. The second-order valence-electron chi connectivity index (χ2n) is 6.19. The number of carbonyl (C=O) groups is 1. The standard InChI is InChI=1S/C19H23NO5S/c1-14(2)20(19(21)16-8-10-17(24-3)11-9-16)13-15-6-5-7-18(12-15)25-26(4,22)23/h5-12,14H,13H2,1-4H3. The first-order chi connectivity index (χ1) is 12.2. The van der Waals surface area contributed by atoms with E-state index in [0.29, 0.717) is 17.9 Å². The zero-order chi connectivity index (χ0) is 19.3. The molecule has 6 nitrogen and oxygen atoms in total. The molecule has 0 aliphatic carbocycles. The smallest absolute Gasteiger partial charge is 0.306 e. The topological polar surface area (TPSA) is 72.9 Å². The van der Waals surface area contributed by atoms with E-state index in [1.807, 2.05) is 19.9 Å². The maximum atomic E-state index is 12.9. The summed E-state index contributed by atoms with van der Waals surface area (Å²) < 4.78 is 32.6. The Labute approximate surface area is 154 Å². The lowest BCUT2D eigenvalue weighted by atomic mass is 10.1. The first-order valence-corrected chi connectivity index (χ1v) is 9.94. The number of methoxy groups -OCH3 is 1. The van der Waals surface area contributed by atoms with Crippen LogP contribution in [0.25, 0.3) is 0 Å². The van der Waals surface area contributed by atoms with Crippen LogP contribution in [0.15, 0.2) is 48.5 Å². The van der Waals surface area contributed by atoms with Crippen molar-refractivity contribution in [1.82, 2.24) is 4.90 Å². The van der Waals surface area contributed by atoms with Crippen LogP contribution in [0.5, 0.6) is 11.5 Å². The number of hydrogen-bond donors (Lipinski definition) is 0. The number of rotatable bonds is 7. The van der Waals surface area contributed by atoms with Crippen molar-refractivity contribution in [3.05, 3.63) is 59.7 Å². The number of nitrogens with zero attached hydrogens (tertiary/aromatic N) is 1. The Morgan fingerprint density at radius 3 is 2.27 bits per heavy atom. The summed E-state index contributed by atoms with van der Waals surface area (Å²) in [6.45, 7) is 4.19. The van der Waals surface area contributed by atoms with Gasteiger partial charge in [0, 0.05) is 18.2 Å². The third-order valence-corrected chi connectivity index (χ3v) is 4.22. The molecule has 2 aromatic carbocycles. The summed E-state index contributed by atoms with van der Waals surface area (Å²) in [5.41, 5.74) is 1.34. The Bertz CT molecular complexity index is 860. The van der Waals surface area contributed by atoms with Gasteiger partial charge in [-0.2, -0.15) is 8.42 Å². The number of ether oxygens (including phenoxy) is 1. The van der Waals surface area contributed by atoms with Crippen molar-refractivity contribution in [3.63, 3.8) is 0 Å². The maximum absolute atomic E-state index is 12.9. The van der Waals surface area contributed by atoms with Crippen molar-refractivity contribution in [2.75, 3.05) is 13.4 Å². The minimum atomic E-state index is -3.60. The van der Waals surface area contributed by atoms with Gasteiger partial charge in [0.2, 0.25) is 0 Å². The third-order valence-electron chi connectivity index (χ3n) is 3.72. The molecular weight excluding hydrogens is 354 g/mol. The largest absolute Gasteiger partial charge is 0.497 e. The molecule has 0 heterocycles. The molecule has 0 aliphatic heterocycles. The van der Waals surface area contributed by atoms with E-state index in [0.717, 1.165) is 11.8 Å². The molecule has 0 spiro atoms. The van der Waals surface area contributed by atoms with Crippen molar-refractivity contribution in [1.29, 1.82) is 0 Å². The molecule has 1 amide bonds. The normalized spacial score (nSPS) is 11.3. The third kappa shape index (κ3) is 5.49. The highest BCUT2D eigenvalue weighted by atomic mass is 32.2. The first-order valence-electron chi connectivity index (χ1n) is 8.13. The zero-order valence-corrected chi connectivity index (χ0v) is 16.1. The van der Waals surface area contributed by atoms with E-state index >= 15 is 0 Å². The van der Waals surface area contributed by atoms with Crippen LogP contribution >= 0.6 is 0 Å². The lowest BCUT2D eigenvalue weighted by Crippen LogP contribution is -2.36. The molecule has 0 N–H and O–H groups in total. The zero-order valence-electron chi connectivity index (χ0n) is 15.3. The molecule has 26 heavy (non-hydrogen) atoms. The molecule has 0 aliphatic rings. The fourth-order valence-corrected chi connectivity index (χ4v) is 2.91. The quantitative estimate of drug-likeness (QED) is 0.694. The van der Waals surface area contributed by atoms with E-state index < -0.39 is 10.1 Å². The number of carbonyl (C=O) groups excluding carboxylic acids is 1. The maximum Gasteiger partial charge on any atom is 0.306 e. The van der Waals surface area contributed by atoms with Gasteiger partial charge < -0.3 is 13.8 Å². The fourth-order valence-electron chi connectivity index (χ4n) is 2.46. The second-order valence-corrected chi connectivity index (χ2v) is 7.77. The van der Waals surface area contributed by atoms with E-state index in [-0.39, 0.29) is 17.7 Å². The molecule has 0 saturated heterocycles. The molecule has 0 bridgehead atoms. The second kappa shape index (κ2) is 8.23. The Balaban J connectivity index is 2.22. The number of benzene rings is 2. The summed E-state index contributed by atoms with van der Waals surface area (Å²) in [4.78, 5) is 14.6. The van der Waals surface area contributed by atoms with Gasteiger partial charge in [-0.3, -0.25) is 4.79 Å².